The molecule has 1 N–H and O–H groups in total. The summed E-state index contributed by atoms with van der Waals surface area (Å²) in [7, 11) is 0. The van der Waals surface area contributed by atoms with Gasteiger partial charge >= 0.3 is 0 Å². The number of nitrogens with one attached hydrogen (secondary N) is 1. The van der Waals surface area contributed by atoms with Crippen LogP contribution in [0.2, 0.25) is 0 Å². The van der Waals surface area contributed by atoms with Gasteiger partial charge in [-0.25, -0.2) is 0 Å². The first-order valence-corrected chi connectivity index (χ1v) is 6.08. The van der Waals surface area contributed by atoms with E-state index in [0.717, 1.165) is 11.3 Å². The van der Waals surface area contributed by atoms with Crippen molar-refractivity contribution in [2.24, 2.45) is 11.8 Å². The molecular formula is C12H20N2O3. The Morgan fingerprint density at radius 1 is 1.47 bits per heavy atom. The number of carbonyl (C=O) groups excluding carboxylic acids is 3. The first-order chi connectivity index (χ1) is 7.97. The van der Waals surface area contributed by atoms with Crippen molar-refractivity contribution in [2.75, 3.05) is 13.1 Å². The second-order valence-corrected chi connectivity index (χ2v) is 4.72. The van der Waals surface area contributed by atoms with E-state index in [2.05, 4.69) is 5.32 Å². The molecule has 1 saturated heterocycles. The van der Waals surface area contributed by atoms with Gasteiger partial charge in [0.15, 0.2) is 0 Å². The van der Waals surface area contributed by atoms with Crippen molar-refractivity contribution in [1.82, 2.24) is 10.2 Å². The number of nitrogens with zero attached hydrogens (tertiary/aromatic N) is 1. The van der Waals surface area contributed by atoms with Gasteiger partial charge in [-0.1, -0.05) is 20.8 Å². The largest absolute Gasteiger partial charge is 0.355 e. The van der Waals surface area contributed by atoms with Gasteiger partial charge < -0.3 is 5.32 Å². The van der Waals surface area contributed by atoms with Crippen LogP contribution in [0, 0.1) is 11.8 Å². The number of carbonyl (C=O) groups is 3. The molecule has 1 aliphatic rings. The summed E-state index contributed by atoms with van der Waals surface area (Å²) in [5.41, 5.74) is 0. The normalized spacial score (nSPS) is 20.2. The molecule has 1 rings (SSSR count). The zero-order valence-electron chi connectivity index (χ0n) is 10.7. The average molecular weight is 240 g/mol. The van der Waals surface area contributed by atoms with Crippen molar-refractivity contribution >= 4 is 17.7 Å². The molecule has 1 fully saturated rings. The molecule has 1 unspecified atom stereocenters. The Kier molecular flexibility index (Phi) is 4.66. The number of likely N-dealkylation sites (tertiary alicyclic amines) is 1. The molecule has 0 radical (unpaired) electrons. The zero-order chi connectivity index (χ0) is 13.0. The summed E-state index contributed by atoms with van der Waals surface area (Å²) >= 11 is 0. The van der Waals surface area contributed by atoms with Crippen LogP contribution in [0.15, 0.2) is 0 Å². The quantitative estimate of drug-likeness (QED) is 0.713. The van der Waals surface area contributed by atoms with E-state index >= 15 is 0 Å². The van der Waals surface area contributed by atoms with Gasteiger partial charge in [-0.05, 0) is 12.3 Å². The second-order valence-electron chi connectivity index (χ2n) is 4.72. The van der Waals surface area contributed by atoms with Crippen molar-refractivity contribution < 1.29 is 14.4 Å². The fourth-order valence-electron chi connectivity index (χ4n) is 1.86. The van der Waals surface area contributed by atoms with E-state index < -0.39 is 0 Å². The van der Waals surface area contributed by atoms with Crippen LogP contribution in [-0.4, -0.2) is 35.7 Å². The number of amides is 3. The minimum Gasteiger partial charge on any atom is -0.355 e. The molecule has 5 heteroatoms. The molecule has 0 aromatic rings. The summed E-state index contributed by atoms with van der Waals surface area (Å²) in [6.07, 6.45) is 1.07. The third-order valence-corrected chi connectivity index (χ3v) is 2.96. The van der Waals surface area contributed by atoms with E-state index in [9.17, 15) is 14.4 Å². The molecule has 96 valence electrons. The Labute approximate surface area is 102 Å². The average Bonchev–Trinajstić information content (AvgIpc) is 2.54. The van der Waals surface area contributed by atoms with Gasteiger partial charge in [0.2, 0.25) is 17.7 Å². The summed E-state index contributed by atoms with van der Waals surface area (Å²) in [5.74, 6) is -0.841. The van der Waals surface area contributed by atoms with Crippen LogP contribution in [0.3, 0.4) is 0 Å². The maximum absolute atomic E-state index is 11.9. The Morgan fingerprint density at radius 2 is 2.12 bits per heavy atom. The highest BCUT2D eigenvalue weighted by Crippen LogP contribution is 2.25. The van der Waals surface area contributed by atoms with Crippen molar-refractivity contribution in [3.05, 3.63) is 0 Å². The minimum atomic E-state index is -0.266. The van der Waals surface area contributed by atoms with Crippen LogP contribution in [0.1, 0.15) is 33.6 Å². The highest BCUT2D eigenvalue weighted by molar-refractivity contribution is 6.05. The lowest BCUT2D eigenvalue weighted by atomic mass is 9.94. The van der Waals surface area contributed by atoms with E-state index in [1.54, 1.807) is 0 Å². The summed E-state index contributed by atoms with van der Waals surface area (Å²) in [5, 5.41) is 2.66. The van der Waals surface area contributed by atoms with Gasteiger partial charge in [0.1, 0.15) is 6.54 Å². The van der Waals surface area contributed by atoms with E-state index in [0.29, 0.717) is 6.54 Å². The van der Waals surface area contributed by atoms with Gasteiger partial charge in [0.25, 0.3) is 0 Å². The van der Waals surface area contributed by atoms with Gasteiger partial charge in [-0.15, -0.1) is 0 Å². The van der Waals surface area contributed by atoms with Gasteiger partial charge in [-0.2, -0.15) is 0 Å². The molecule has 17 heavy (non-hydrogen) atoms. The number of hydrogen-bond acceptors (Lipinski definition) is 3. The lowest BCUT2D eigenvalue weighted by molar-refractivity contribution is -0.143. The van der Waals surface area contributed by atoms with E-state index in [4.69, 9.17) is 0 Å². The fraction of sp³-hybridized carbons (Fsp3) is 0.750. The Balaban J connectivity index is 2.57. The van der Waals surface area contributed by atoms with Gasteiger partial charge in [-0.3, -0.25) is 19.3 Å². The Morgan fingerprint density at radius 3 is 2.59 bits per heavy atom. The molecular weight excluding hydrogens is 220 g/mol. The highest BCUT2D eigenvalue weighted by Gasteiger charge is 2.40. The maximum Gasteiger partial charge on any atom is 0.240 e. The third-order valence-electron chi connectivity index (χ3n) is 2.96. The van der Waals surface area contributed by atoms with Crippen LogP contribution in [0.5, 0.6) is 0 Å². The van der Waals surface area contributed by atoms with Crippen LogP contribution < -0.4 is 5.32 Å². The molecule has 5 nitrogen and oxygen atoms in total. The third kappa shape index (κ3) is 3.28. The van der Waals surface area contributed by atoms with E-state index in [1.807, 2.05) is 20.8 Å². The van der Waals surface area contributed by atoms with Gasteiger partial charge in [0.05, 0.1) is 0 Å². The Bertz CT molecular complexity index is 326. The second kappa shape index (κ2) is 5.80. The summed E-state index contributed by atoms with van der Waals surface area (Å²) in [6.45, 7) is 6.21. The lowest BCUT2D eigenvalue weighted by Gasteiger charge is -2.15. The van der Waals surface area contributed by atoms with Crippen molar-refractivity contribution in [1.29, 1.82) is 0 Å². The van der Waals surface area contributed by atoms with Crippen LogP contribution in [0.25, 0.3) is 0 Å². The van der Waals surface area contributed by atoms with E-state index in [-0.39, 0.29) is 42.5 Å². The smallest absolute Gasteiger partial charge is 0.240 e. The molecule has 0 aromatic heterocycles. The maximum atomic E-state index is 11.9. The molecule has 3 amide bonds. The Hall–Kier alpha value is -1.39. The fourth-order valence-corrected chi connectivity index (χ4v) is 1.86. The molecule has 1 atom stereocenters. The molecule has 0 bridgehead atoms. The number of rotatable bonds is 5. The summed E-state index contributed by atoms with van der Waals surface area (Å²) in [4.78, 5) is 36.1. The minimum absolute atomic E-state index is 0.134. The molecule has 0 aromatic carbocycles. The highest BCUT2D eigenvalue weighted by atomic mass is 16.2. The van der Waals surface area contributed by atoms with Crippen molar-refractivity contribution in [3.8, 4) is 0 Å². The monoisotopic (exact) mass is 240 g/mol. The van der Waals surface area contributed by atoms with Crippen LogP contribution in [0.4, 0.5) is 0 Å². The summed E-state index contributed by atoms with van der Waals surface area (Å²) in [6, 6.07) is 0. The number of hydrogen-bond donors (Lipinski definition) is 1. The standard InChI is InChI=1S/C12H20N2O3/c1-4-5-13-10(15)7-14-11(16)6-9(8(2)3)12(14)17/h8-9H,4-7H2,1-3H3,(H,13,15). The van der Waals surface area contributed by atoms with Crippen LogP contribution in [-0.2, 0) is 14.4 Å². The number of imide groups is 1. The lowest BCUT2D eigenvalue weighted by Crippen LogP contribution is -2.41. The van der Waals surface area contributed by atoms with Crippen molar-refractivity contribution in [3.63, 3.8) is 0 Å². The van der Waals surface area contributed by atoms with Crippen LogP contribution >= 0.6 is 0 Å². The van der Waals surface area contributed by atoms with Gasteiger partial charge in [0, 0.05) is 18.9 Å². The molecule has 0 aliphatic carbocycles. The predicted molar refractivity (Wildman–Crippen MR) is 63.0 cm³/mol. The molecule has 1 aliphatic heterocycles. The SMILES string of the molecule is CCCNC(=O)CN1C(=O)CC(C(C)C)C1=O. The predicted octanol–water partition coefficient (Wildman–Crippen LogP) is 0.544. The molecule has 0 spiro atoms. The molecule has 0 saturated carbocycles. The topological polar surface area (TPSA) is 66.5 Å². The zero-order valence-corrected chi connectivity index (χ0v) is 10.7. The molecule has 1 heterocycles. The summed E-state index contributed by atoms with van der Waals surface area (Å²) < 4.78 is 0. The first-order valence-electron chi connectivity index (χ1n) is 6.08. The van der Waals surface area contributed by atoms with Crippen molar-refractivity contribution in [2.45, 2.75) is 33.6 Å². The first kappa shape index (κ1) is 13.7. The van der Waals surface area contributed by atoms with E-state index in [1.165, 1.54) is 0 Å².